The number of benzene rings is 1. The molecule has 5 heteroatoms. The smallest absolute Gasteiger partial charge is 0.278 e. The van der Waals surface area contributed by atoms with E-state index in [9.17, 15) is 8.78 Å². The van der Waals surface area contributed by atoms with Crippen LogP contribution in [-0.4, -0.2) is 12.5 Å². The van der Waals surface area contributed by atoms with Crippen molar-refractivity contribution in [1.82, 2.24) is 0 Å². The average Bonchev–Trinajstić information content (AvgIpc) is 2.13. The van der Waals surface area contributed by atoms with Gasteiger partial charge in [-0.15, -0.1) is 0 Å². The van der Waals surface area contributed by atoms with E-state index in [1.54, 1.807) is 25.1 Å². The molecule has 2 nitrogen and oxygen atoms in total. The molecule has 16 heavy (non-hydrogen) atoms. The maximum atomic E-state index is 12.7. The average molecular weight is 294 g/mol. The third-order valence-electron chi connectivity index (χ3n) is 1.96. The molecule has 0 aliphatic carbocycles. The van der Waals surface area contributed by atoms with Gasteiger partial charge in [-0.25, -0.2) is 8.78 Å². The second-order valence-corrected chi connectivity index (χ2v) is 4.66. The number of hydrogen-bond acceptors (Lipinski definition) is 2. The standard InChI is InChI=1S/C11H14BrF2NO/c1-7(15)8-4-3-5-9(12)10(8)16-6-11(2,13)14/h3-5,7H,6,15H2,1-2H3/t7-/m1/s1. The van der Waals surface area contributed by atoms with Crippen LogP contribution in [0, 0.1) is 0 Å². The van der Waals surface area contributed by atoms with Gasteiger partial charge in [0, 0.05) is 18.5 Å². The Morgan fingerprint density at radius 1 is 1.50 bits per heavy atom. The van der Waals surface area contributed by atoms with Crippen molar-refractivity contribution < 1.29 is 13.5 Å². The van der Waals surface area contributed by atoms with Crippen LogP contribution in [0.2, 0.25) is 0 Å². The highest BCUT2D eigenvalue weighted by molar-refractivity contribution is 9.10. The highest BCUT2D eigenvalue weighted by Crippen LogP contribution is 2.33. The molecule has 1 aromatic rings. The maximum absolute atomic E-state index is 12.7. The molecule has 0 aromatic heterocycles. The molecule has 0 saturated heterocycles. The topological polar surface area (TPSA) is 35.2 Å². The minimum atomic E-state index is -2.86. The fraction of sp³-hybridized carbons (Fsp3) is 0.455. The Balaban J connectivity index is 2.93. The fourth-order valence-corrected chi connectivity index (χ4v) is 1.73. The lowest BCUT2D eigenvalue weighted by Gasteiger charge is -2.17. The summed E-state index contributed by atoms with van der Waals surface area (Å²) in [7, 11) is 0. The summed E-state index contributed by atoms with van der Waals surface area (Å²) in [5.41, 5.74) is 6.44. The zero-order chi connectivity index (χ0) is 12.3. The van der Waals surface area contributed by atoms with E-state index in [1.165, 1.54) is 0 Å². The molecular formula is C11H14BrF2NO. The SMILES string of the molecule is C[C@@H](N)c1cccc(Br)c1OCC(C)(F)F. The number of nitrogens with two attached hydrogens (primary N) is 1. The fourth-order valence-electron chi connectivity index (χ4n) is 1.24. The quantitative estimate of drug-likeness (QED) is 0.922. The number of para-hydroxylation sites is 1. The van der Waals surface area contributed by atoms with E-state index in [1.807, 2.05) is 0 Å². The van der Waals surface area contributed by atoms with Crippen LogP contribution in [-0.2, 0) is 0 Å². The molecule has 0 radical (unpaired) electrons. The minimum absolute atomic E-state index is 0.266. The van der Waals surface area contributed by atoms with Gasteiger partial charge in [0.15, 0.2) is 6.61 Å². The number of alkyl halides is 2. The molecule has 90 valence electrons. The van der Waals surface area contributed by atoms with Crippen LogP contribution in [0.1, 0.15) is 25.5 Å². The molecule has 0 aliphatic heterocycles. The highest BCUT2D eigenvalue weighted by Gasteiger charge is 2.23. The van der Waals surface area contributed by atoms with Gasteiger partial charge in [-0.05, 0) is 28.9 Å². The Bertz CT molecular complexity index is 363. The maximum Gasteiger partial charge on any atom is 0.278 e. The Morgan fingerprint density at radius 2 is 2.12 bits per heavy atom. The van der Waals surface area contributed by atoms with Crippen molar-refractivity contribution in [3.8, 4) is 5.75 Å². The predicted molar refractivity (Wildman–Crippen MR) is 62.9 cm³/mol. The Labute approximate surface area is 102 Å². The van der Waals surface area contributed by atoms with Crippen LogP contribution in [0.4, 0.5) is 8.78 Å². The molecule has 0 saturated carbocycles. The third-order valence-corrected chi connectivity index (χ3v) is 2.58. The van der Waals surface area contributed by atoms with Gasteiger partial charge in [-0.2, -0.15) is 0 Å². The zero-order valence-corrected chi connectivity index (χ0v) is 10.7. The van der Waals surface area contributed by atoms with Crippen molar-refractivity contribution in [2.24, 2.45) is 5.73 Å². The van der Waals surface area contributed by atoms with Crippen molar-refractivity contribution in [2.75, 3.05) is 6.61 Å². The van der Waals surface area contributed by atoms with Crippen LogP contribution in [0.5, 0.6) is 5.75 Å². The first-order valence-electron chi connectivity index (χ1n) is 4.86. The summed E-state index contributed by atoms with van der Waals surface area (Å²) >= 11 is 3.26. The zero-order valence-electron chi connectivity index (χ0n) is 9.14. The monoisotopic (exact) mass is 293 g/mol. The van der Waals surface area contributed by atoms with Gasteiger partial charge in [0.05, 0.1) is 4.47 Å². The summed E-state index contributed by atoms with van der Waals surface area (Å²) in [6.45, 7) is 1.93. The summed E-state index contributed by atoms with van der Waals surface area (Å²) in [5, 5.41) is 0. The Kier molecular flexibility index (Phi) is 4.27. The van der Waals surface area contributed by atoms with Crippen molar-refractivity contribution in [1.29, 1.82) is 0 Å². The molecule has 0 heterocycles. The molecule has 0 bridgehead atoms. The lowest BCUT2D eigenvalue weighted by Crippen LogP contribution is -2.22. The first-order valence-corrected chi connectivity index (χ1v) is 5.65. The van der Waals surface area contributed by atoms with Crippen LogP contribution in [0.15, 0.2) is 22.7 Å². The highest BCUT2D eigenvalue weighted by atomic mass is 79.9. The number of hydrogen-bond donors (Lipinski definition) is 1. The van der Waals surface area contributed by atoms with Gasteiger partial charge in [0.2, 0.25) is 0 Å². The number of halogens is 3. The van der Waals surface area contributed by atoms with E-state index in [2.05, 4.69) is 15.9 Å². The molecule has 1 aromatic carbocycles. The van der Waals surface area contributed by atoms with Crippen LogP contribution in [0.25, 0.3) is 0 Å². The Hall–Kier alpha value is -0.680. The van der Waals surface area contributed by atoms with Crippen molar-refractivity contribution in [3.05, 3.63) is 28.2 Å². The second-order valence-electron chi connectivity index (χ2n) is 3.81. The predicted octanol–water partition coefficient (Wildman–Crippen LogP) is 3.50. The first-order chi connectivity index (χ1) is 7.31. The van der Waals surface area contributed by atoms with Gasteiger partial charge in [-0.1, -0.05) is 12.1 Å². The molecule has 0 spiro atoms. The second kappa shape index (κ2) is 5.10. The molecule has 1 atom stereocenters. The Morgan fingerprint density at radius 3 is 2.62 bits per heavy atom. The summed E-state index contributed by atoms with van der Waals surface area (Å²) in [6.07, 6.45) is 0. The summed E-state index contributed by atoms with van der Waals surface area (Å²) in [4.78, 5) is 0. The lowest BCUT2D eigenvalue weighted by molar-refractivity contribution is -0.0234. The molecule has 0 fully saturated rings. The van der Waals surface area contributed by atoms with E-state index in [4.69, 9.17) is 10.5 Å². The minimum Gasteiger partial charge on any atom is -0.486 e. The molecule has 0 aliphatic rings. The van der Waals surface area contributed by atoms with Crippen LogP contribution in [0.3, 0.4) is 0 Å². The molecule has 2 N–H and O–H groups in total. The number of rotatable bonds is 4. The van der Waals surface area contributed by atoms with E-state index >= 15 is 0 Å². The van der Waals surface area contributed by atoms with E-state index in [0.717, 1.165) is 6.92 Å². The van der Waals surface area contributed by atoms with E-state index in [-0.39, 0.29) is 6.04 Å². The van der Waals surface area contributed by atoms with E-state index < -0.39 is 12.5 Å². The van der Waals surface area contributed by atoms with E-state index in [0.29, 0.717) is 15.8 Å². The van der Waals surface area contributed by atoms with Crippen LogP contribution >= 0.6 is 15.9 Å². The molecule has 0 amide bonds. The summed E-state index contributed by atoms with van der Waals surface area (Å²) < 4.78 is 31.1. The summed E-state index contributed by atoms with van der Waals surface area (Å²) in [5.74, 6) is -2.47. The normalized spacial score (nSPS) is 13.6. The van der Waals surface area contributed by atoms with Crippen molar-refractivity contribution in [3.63, 3.8) is 0 Å². The molecule has 1 rings (SSSR count). The van der Waals surface area contributed by atoms with Gasteiger partial charge in [-0.3, -0.25) is 0 Å². The molecule has 0 unspecified atom stereocenters. The van der Waals surface area contributed by atoms with Gasteiger partial charge >= 0.3 is 0 Å². The van der Waals surface area contributed by atoms with Gasteiger partial charge in [0.1, 0.15) is 5.75 Å². The lowest BCUT2D eigenvalue weighted by atomic mass is 10.1. The van der Waals surface area contributed by atoms with Crippen LogP contribution < -0.4 is 10.5 Å². The van der Waals surface area contributed by atoms with Crippen molar-refractivity contribution in [2.45, 2.75) is 25.8 Å². The molecular weight excluding hydrogens is 280 g/mol. The van der Waals surface area contributed by atoms with Crippen molar-refractivity contribution >= 4 is 15.9 Å². The first kappa shape index (κ1) is 13.4. The largest absolute Gasteiger partial charge is 0.486 e. The van der Waals surface area contributed by atoms with Gasteiger partial charge in [0.25, 0.3) is 5.92 Å². The third kappa shape index (κ3) is 3.72. The summed E-state index contributed by atoms with van der Waals surface area (Å²) in [6, 6.07) is 5.02. The van der Waals surface area contributed by atoms with Gasteiger partial charge < -0.3 is 10.5 Å². The number of ether oxygens (including phenoxy) is 1.